The van der Waals surface area contributed by atoms with Gasteiger partial charge in [0.2, 0.25) is 11.8 Å². The van der Waals surface area contributed by atoms with Gasteiger partial charge >= 0.3 is 0 Å². The first-order valence-electron chi connectivity index (χ1n) is 9.78. The van der Waals surface area contributed by atoms with E-state index in [0.29, 0.717) is 31.0 Å². The van der Waals surface area contributed by atoms with E-state index in [1.54, 1.807) is 53.6 Å². The van der Waals surface area contributed by atoms with Crippen molar-refractivity contribution in [2.75, 3.05) is 19.0 Å². The van der Waals surface area contributed by atoms with Gasteiger partial charge in [-0.25, -0.2) is 0 Å². The highest BCUT2D eigenvalue weighted by molar-refractivity contribution is 6.00. The minimum atomic E-state index is -0.487. The lowest BCUT2D eigenvalue weighted by atomic mass is 10.1. The molecule has 2 aromatic heterocycles. The predicted molar refractivity (Wildman–Crippen MR) is 109 cm³/mol. The fraction of sp³-hybridized carbons (Fsp3) is 0.476. The third kappa shape index (κ3) is 5.57. The van der Waals surface area contributed by atoms with E-state index in [9.17, 15) is 9.59 Å². The quantitative estimate of drug-likeness (QED) is 0.688. The van der Waals surface area contributed by atoms with Crippen LogP contribution in [0.5, 0.6) is 0 Å². The molecule has 0 saturated carbocycles. The lowest BCUT2D eigenvalue weighted by molar-refractivity contribution is -0.132. The number of anilines is 1. The Hall–Kier alpha value is -2.87. The Morgan fingerprint density at radius 3 is 3.00 bits per heavy atom. The van der Waals surface area contributed by atoms with Gasteiger partial charge in [-0.1, -0.05) is 0 Å². The molecular formula is C21H28N4O4. The maximum atomic E-state index is 12.7. The van der Waals surface area contributed by atoms with Crippen molar-refractivity contribution in [2.45, 2.75) is 51.3 Å². The third-order valence-corrected chi connectivity index (χ3v) is 5.17. The highest BCUT2D eigenvalue weighted by atomic mass is 16.5. The molecule has 0 bridgehead atoms. The van der Waals surface area contributed by atoms with Crippen LogP contribution in [0.3, 0.4) is 0 Å². The lowest BCUT2D eigenvalue weighted by Crippen LogP contribution is -2.42. The van der Waals surface area contributed by atoms with Gasteiger partial charge in [-0.05, 0) is 51.3 Å². The van der Waals surface area contributed by atoms with E-state index in [4.69, 9.17) is 9.15 Å². The molecule has 29 heavy (non-hydrogen) atoms. The van der Waals surface area contributed by atoms with Crippen LogP contribution >= 0.6 is 0 Å². The van der Waals surface area contributed by atoms with Gasteiger partial charge in [-0.3, -0.25) is 14.3 Å². The summed E-state index contributed by atoms with van der Waals surface area (Å²) in [6.07, 6.45) is 10.3. The lowest BCUT2D eigenvalue weighted by Gasteiger charge is -2.22. The van der Waals surface area contributed by atoms with Crippen LogP contribution in [0.1, 0.15) is 38.9 Å². The number of nitrogens with one attached hydrogen (secondary N) is 1. The van der Waals surface area contributed by atoms with Gasteiger partial charge in [0.1, 0.15) is 11.8 Å². The average molecular weight is 400 g/mol. The molecule has 1 N–H and O–H groups in total. The van der Waals surface area contributed by atoms with Crippen molar-refractivity contribution in [3.05, 3.63) is 42.6 Å². The van der Waals surface area contributed by atoms with E-state index < -0.39 is 6.04 Å². The number of carbonyl (C=O) groups excluding carboxylic acids is 2. The second-order valence-electron chi connectivity index (χ2n) is 7.73. The van der Waals surface area contributed by atoms with E-state index in [2.05, 4.69) is 10.4 Å². The van der Waals surface area contributed by atoms with Crippen LogP contribution in [0.2, 0.25) is 0 Å². The molecule has 0 aromatic carbocycles. The number of likely N-dealkylation sites (tertiary alicyclic amines) is 1. The SMILES string of the molecule is COC(C)(C)CCn1cc(NC(=O)C2CCCN2C(=O)C=Cc2ccco2)cn1. The molecule has 1 unspecified atom stereocenters. The van der Waals surface area contributed by atoms with Crippen molar-refractivity contribution in [1.82, 2.24) is 14.7 Å². The summed E-state index contributed by atoms with van der Waals surface area (Å²) < 4.78 is 12.4. The zero-order chi connectivity index (χ0) is 20.9. The minimum absolute atomic E-state index is 0.195. The molecule has 1 fully saturated rings. The molecule has 1 aliphatic rings. The van der Waals surface area contributed by atoms with Gasteiger partial charge in [0.15, 0.2) is 0 Å². The number of rotatable bonds is 8. The molecule has 8 heteroatoms. The molecule has 8 nitrogen and oxygen atoms in total. The first kappa shape index (κ1) is 20.9. The Bertz CT molecular complexity index is 854. The van der Waals surface area contributed by atoms with E-state index in [1.807, 2.05) is 13.8 Å². The number of aromatic nitrogens is 2. The Kier molecular flexibility index (Phi) is 6.53. The van der Waals surface area contributed by atoms with Crippen LogP contribution in [-0.4, -0.2) is 51.8 Å². The van der Waals surface area contributed by atoms with Crippen molar-refractivity contribution >= 4 is 23.6 Å². The fourth-order valence-electron chi connectivity index (χ4n) is 3.20. The summed E-state index contributed by atoms with van der Waals surface area (Å²) in [4.78, 5) is 26.8. The van der Waals surface area contributed by atoms with Crippen LogP contribution in [0.25, 0.3) is 6.08 Å². The Labute approximate surface area is 170 Å². The maximum Gasteiger partial charge on any atom is 0.247 e. The normalized spacial score (nSPS) is 17.2. The Balaban J connectivity index is 1.56. The average Bonchev–Trinajstić information content (AvgIpc) is 3.46. The summed E-state index contributed by atoms with van der Waals surface area (Å²) in [5.41, 5.74) is 0.388. The number of amides is 2. The largest absolute Gasteiger partial charge is 0.465 e. The number of aryl methyl sites for hydroxylation is 1. The van der Waals surface area contributed by atoms with E-state index in [-0.39, 0.29) is 17.4 Å². The molecule has 1 atom stereocenters. The van der Waals surface area contributed by atoms with Gasteiger partial charge in [0.05, 0.1) is 23.7 Å². The van der Waals surface area contributed by atoms with Crippen LogP contribution in [0, 0.1) is 0 Å². The molecule has 2 aromatic rings. The van der Waals surface area contributed by atoms with Gasteiger partial charge in [-0.15, -0.1) is 0 Å². The predicted octanol–water partition coefficient (Wildman–Crippen LogP) is 2.93. The van der Waals surface area contributed by atoms with Gasteiger partial charge in [-0.2, -0.15) is 5.10 Å². The number of carbonyl (C=O) groups is 2. The second-order valence-corrected chi connectivity index (χ2v) is 7.73. The Morgan fingerprint density at radius 2 is 2.28 bits per heavy atom. The van der Waals surface area contributed by atoms with E-state index in [1.165, 1.54) is 6.08 Å². The van der Waals surface area contributed by atoms with Crippen molar-refractivity contribution in [1.29, 1.82) is 0 Å². The number of furan rings is 1. The van der Waals surface area contributed by atoms with Crippen molar-refractivity contribution in [3.8, 4) is 0 Å². The number of methoxy groups -OCH3 is 1. The molecular weight excluding hydrogens is 372 g/mol. The highest BCUT2D eigenvalue weighted by Crippen LogP contribution is 2.20. The molecule has 2 amide bonds. The molecule has 0 radical (unpaired) electrons. The number of hydrogen-bond acceptors (Lipinski definition) is 5. The standard InChI is InChI=1S/C21H28N4O4/c1-21(2,28-3)10-12-24-15-16(14-22-24)23-20(27)18-7-4-11-25(18)19(26)9-8-17-6-5-13-29-17/h5-6,8-9,13-15,18H,4,7,10-12H2,1-3H3,(H,23,27). The van der Waals surface area contributed by atoms with Crippen molar-refractivity contribution in [2.24, 2.45) is 0 Å². The van der Waals surface area contributed by atoms with Gasteiger partial charge in [0, 0.05) is 32.5 Å². The monoisotopic (exact) mass is 400 g/mol. The number of nitrogens with zero attached hydrogens (tertiary/aromatic N) is 3. The number of ether oxygens (including phenoxy) is 1. The molecule has 1 saturated heterocycles. The maximum absolute atomic E-state index is 12.7. The van der Waals surface area contributed by atoms with Crippen molar-refractivity contribution < 1.29 is 18.7 Å². The summed E-state index contributed by atoms with van der Waals surface area (Å²) in [6, 6.07) is 3.04. The minimum Gasteiger partial charge on any atom is -0.465 e. The van der Waals surface area contributed by atoms with E-state index in [0.717, 1.165) is 12.8 Å². The van der Waals surface area contributed by atoms with Crippen LogP contribution < -0.4 is 5.32 Å². The van der Waals surface area contributed by atoms with Gasteiger partial charge in [0.25, 0.3) is 0 Å². The van der Waals surface area contributed by atoms with Crippen molar-refractivity contribution in [3.63, 3.8) is 0 Å². The Morgan fingerprint density at radius 1 is 1.45 bits per heavy atom. The third-order valence-electron chi connectivity index (χ3n) is 5.17. The van der Waals surface area contributed by atoms with Crippen LogP contribution in [0.4, 0.5) is 5.69 Å². The summed E-state index contributed by atoms with van der Waals surface area (Å²) in [5, 5.41) is 7.17. The fourth-order valence-corrected chi connectivity index (χ4v) is 3.20. The molecule has 0 spiro atoms. The highest BCUT2D eigenvalue weighted by Gasteiger charge is 2.33. The molecule has 156 valence electrons. The first-order valence-corrected chi connectivity index (χ1v) is 9.78. The summed E-state index contributed by atoms with van der Waals surface area (Å²) in [6.45, 7) is 5.28. The van der Waals surface area contributed by atoms with Crippen LogP contribution in [-0.2, 0) is 20.9 Å². The zero-order valence-electron chi connectivity index (χ0n) is 17.1. The summed E-state index contributed by atoms with van der Waals surface area (Å²) in [5.74, 6) is 0.207. The number of hydrogen-bond donors (Lipinski definition) is 1. The van der Waals surface area contributed by atoms with Crippen LogP contribution in [0.15, 0.2) is 41.3 Å². The molecule has 3 rings (SSSR count). The van der Waals surface area contributed by atoms with Gasteiger partial charge < -0.3 is 19.4 Å². The topological polar surface area (TPSA) is 89.6 Å². The second kappa shape index (κ2) is 9.09. The smallest absolute Gasteiger partial charge is 0.247 e. The summed E-state index contributed by atoms with van der Waals surface area (Å²) in [7, 11) is 1.69. The zero-order valence-corrected chi connectivity index (χ0v) is 17.1. The molecule has 0 aliphatic carbocycles. The van der Waals surface area contributed by atoms with E-state index >= 15 is 0 Å². The molecule has 3 heterocycles. The first-order chi connectivity index (χ1) is 13.9. The molecule has 1 aliphatic heterocycles. The summed E-state index contributed by atoms with van der Waals surface area (Å²) >= 11 is 0.